The summed E-state index contributed by atoms with van der Waals surface area (Å²) in [4.78, 5) is 0. The maximum Gasteiger partial charge on any atom is 0.0545 e. The number of aliphatic hydroxyl groups is 1. The topological polar surface area (TPSA) is 32.3 Å². The SMILES string of the molecule is CN[C@H]1CC[C@@]2(C)C(=CC[C@H]3[C@@H]4CC[C@H]([C@H](C)O)[C@@]4(C)CC[C@@H]32)C1. The Hall–Kier alpha value is -0.340. The molecule has 0 heterocycles. The van der Waals surface area contributed by atoms with Gasteiger partial charge in [0, 0.05) is 6.04 Å². The van der Waals surface area contributed by atoms with Gasteiger partial charge < -0.3 is 10.4 Å². The minimum absolute atomic E-state index is 0.132. The third-order valence-electron chi connectivity index (χ3n) is 9.17. The first-order chi connectivity index (χ1) is 11.4. The number of aliphatic hydroxyl groups excluding tert-OH is 1. The lowest BCUT2D eigenvalue weighted by Gasteiger charge is -2.58. The molecule has 0 aliphatic heterocycles. The Labute approximate surface area is 148 Å². The molecule has 0 bridgehead atoms. The molecule has 136 valence electrons. The van der Waals surface area contributed by atoms with Gasteiger partial charge in [0.05, 0.1) is 6.10 Å². The van der Waals surface area contributed by atoms with Crippen LogP contribution in [0.15, 0.2) is 11.6 Å². The van der Waals surface area contributed by atoms with Crippen molar-refractivity contribution < 1.29 is 5.11 Å². The molecule has 24 heavy (non-hydrogen) atoms. The van der Waals surface area contributed by atoms with E-state index in [1.165, 1.54) is 51.4 Å². The van der Waals surface area contributed by atoms with Crippen LogP contribution in [0.5, 0.6) is 0 Å². The largest absolute Gasteiger partial charge is 0.393 e. The highest BCUT2D eigenvalue weighted by Crippen LogP contribution is 2.66. The predicted molar refractivity (Wildman–Crippen MR) is 99.7 cm³/mol. The fourth-order valence-corrected chi connectivity index (χ4v) is 7.74. The fraction of sp³-hybridized carbons (Fsp3) is 0.909. The van der Waals surface area contributed by atoms with Crippen LogP contribution >= 0.6 is 0 Å². The van der Waals surface area contributed by atoms with E-state index < -0.39 is 0 Å². The molecule has 4 aliphatic rings. The van der Waals surface area contributed by atoms with Crippen LogP contribution in [0.3, 0.4) is 0 Å². The molecule has 3 saturated carbocycles. The first-order valence-corrected chi connectivity index (χ1v) is 10.4. The molecule has 2 heteroatoms. The van der Waals surface area contributed by atoms with Crippen LogP contribution in [0.25, 0.3) is 0 Å². The van der Waals surface area contributed by atoms with E-state index in [1.807, 2.05) is 6.92 Å². The summed E-state index contributed by atoms with van der Waals surface area (Å²) in [5.74, 6) is 3.13. The lowest BCUT2D eigenvalue weighted by atomic mass is 9.47. The first kappa shape index (κ1) is 17.1. The molecule has 0 aromatic rings. The monoisotopic (exact) mass is 331 g/mol. The zero-order chi connectivity index (χ0) is 17.1. The van der Waals surface area contributed by atoms with Crippen LogP contribution in [-0.4, -0.2) is 24.3 Å². The normalized spacial score (nSPS) is 52.0. The van der Waals surface area contributed by atoms with Crippen molar-refractivity contribution in [1.29, 1.82) is 0 Å². The number of rotatable bonds is 2. The highest BCUT2D eigenvalue weighted by Gasteiger charge is 2.59. The van der Waals surface area contributed by atoms with Crippen molar-refractivity contribution in [1.82, 2.24) is 5.32 Å². The molecule has 2 nitrogen and oxygen atoms in total. The quantitative estimate of drug-likeness (QED) is 0.728. The third-order valence-corrected chi connectivity index (χ3v) is 9.17. The Kier molecular flexibility index (Phi) is 4.16. The second-order valence-corrected chi connectivity index (χ2v) is 9.96. The molecular weight excluding hydrogens is 294 g/mol. The maximum absolute atomic E-state index is 10.3. The van der Waals surface area contributed by atoms with E-state index in [-0.39, 0.29) is 6.10 Å². The lowest BCUT2D eigenvalue weighted by molar-refractivity contribution is -0.0630. The Morgan fingerprint density at radius 3 is 2.62 bits per heavy atom. The molecule has 0 spiro atoms. The predicted octanol–water partition coefficient (Wildman–Crippen LogP) is 4.53. The average molecular weight is 332 g/mol. The molecule has 0 aromatic heterocycles. The standard InChI is InChI=1S/C22H37NO/c1-14(24)18-7-8-19-17-6-5-15-13-16(23-4)9-11-21(15,2)20(17)10-12-22(18,19)3/h5,14,16-20,23-24H,6-13H2,1-4H3/t14-,16-,17-,18+,19-,20-,21-,22+/m0/s1. The molecule has 0 saturated heterocycles. The van der Waals surface area contributed by atoms with Gasteiger partial charge in [-0.2, -0.15) is 0 Å². The van der Waals surface area contributed by atoms with Gasteiger partial charge in [0.15, 0.2) is 0 Å². The summed E-state index contributed by atoms with van der Waals surface area (Å²) in [6.45, 7) is 7.13. The average Bonchev–Trinajstić information content (AvgIpc) is 2.91. The highest BCUT2D eigenvalue weighted by molar-refractivity contribution is 5.25. The summed E-state index contributed by atoms with van der Waals surface area (Å²) >= 11 is 0. The van der Waals surface area contributed by atoms with E-state index in [4.69, 9.17) is 0 Å². The van der Waals surface area contributed by atoms with E-state index in [9.17, 15) is 5.11 Å². The molecule has 0 radical (unpaired) electrons. The van der Waals surface area contributed by atoms with Crippen molar-refractivity contribution in [3.63, 3.8) is 0 Å². The number of hydrogen-bond acceptors (Lipinski definition) is 2. The van der Waals surface area contributed by atoms with Crippen LogP contribution in [0, 0.1) is 34.5 Å². The van der Waals surface area contributed by atoms with Gasteiger partial charge in [-0.1, -0.05) is 25.5 Å². The van der Waals surface area contributed by atoms with Crippen molar-refractivity contribution in [2.24, 2.45) is 34.5 Å². The van der Waals surface area contributed by atoms with Gasteiger partial charge >= 0.3 is 0 Å². The second kappa shape index (κ2) is 5.84. The summed E-state index contributed by atoms with van der Waals surface area (Å²) in [5, 5.41) is 13.8. The van der Waals surface area contributed by atoms with Crippen LogP contribution in [0.2, 0.25) is 0 Å². The van der Waals surface area contributed by atoms with E-state index >= 15 is 0 Å². The Balaban J connectivity index is 1.62. The summed E-state index contributed by atoms with van der Waals surface area (Å²) in [6.07, 6.45) is 13.1. The summed E-state index contributed by atoms with van der Waals surface area (Å²) in [6, 6.07) is 0.695. The molecule has 0 aromatic carbocycles. The zero-order valence-corrected chi connectivity index (χ0v) is 16.1. The molecule has 8 atom stereocenters. The molecule has 3 fully saturated rings. The van der Waals surface area contributed by atoms with Gasteiger partial charge in [-0.15, -0.1) is 0 Å². The molecule has 4 aliphatic carbocycles. The van der Waals surface area contributed by atoms with E-state index in [1.54, 1.807) is 5.57 Å². The summed E-state index contributed by atoms with van der Waals surface area (Å²) in [7, 11) is 2.13. The van der Waals surface area contributed by atoms with Crippen LogP contribution in [-0.2, 0) is 0 Å². The van der Waals surface area contributed by atoms with Crippen LogP contribution in [0.4, 0.5) is 0 Å². The van der Waals surface area contributed by atoms with E-state index in [0.717, 1.165) is 17.8 Å². The van der Waals surface area contributed by atoms with Crippen molar-refractivity contribution in [3.05, 3.63) is 11.6 Å². The second-order valence-electron chi connectivity index (χ2n) is 9.96. The van der Waals surface area contributed by atoms with Gasteiger partial charge in [-0.25, -0.2) is 0 Å². The van der Waals surface area contributed by atoms with Gasteiger partial charge in [-0.05, 0) is 99.8 Å². The Morgan fingerprint density at radius 2 is 1.92 bits per heavy atom. The lowest BCUT2D eigenvalue weighted by Crippen LogP contribution is -2.51. The fourth-order valence-electron chi connectivity index (χ4n) is 7.74. The third kappa shape index (κ3) is 2.28. The molecule has 2 N–H and O–H groups in total. The van der Waals surface area contributed by atoms with Gasteiger partial charge in [-0.3, -0.25) is 0 Å². The Bertz CT molecular complexity index is 526. The van der Waals surface area contributed by atoms with Crippen molar-refractivity contribution in [2.45, 2.75) is 84.3 Å². The molecule has 4 rings (SSSR count). The number of nitrogens with one attached hydrogen (secondary N) is 1. The molecular formula is C22H37NO. The van der Waals surface area contributed by atoms with Gasteiger partial charge in [0.1, 0.15) is 0 Å². The summed E-state index contributed by atoms with van der Waals surface area (Å²) in [5.41, 5.74) is 2.61. The maximum atomic E-state index is 10.3. The highest BCUT2D eigenvalue weighted by atomic mass is 16.3. The minimum Gasteiger partial charge on any atom is -0.393 e. The van der Waals surface area contributed by atoms with E-state index in [2.05, 4.69) is 32.3 Å². The van der Waals surface area contributed by atoms with Crippen molar-refractivity contribution >= 4 is 0 Å². The number of hydrogen-bond donors (Lipinski definition) is 2. The Morgan fingerprint density at radius 1 is 1.12 bits per heavy atom. The molecule has 0 unspecified atom stereocenters. The van der Waals surface area contributed by atoms with Crippen LogP contribution in [0.1, 0.15) is 72.1 Å². The van der Waals surface area contributed by atoms with Crippen molar-refractivity contribution in [3.8, 4) is 0 Å². The summed E-state index contributed by atoms with van der Waals surface area (Å²) < 4.78 is 0. The van der Waals surface area contributed by atoms with E-state index in [0.29, 0.717) is 22.8 Å². The zero-order valence-electron chi connectivity index (χ0n) is 16.1. The first-order valence-electron chi connectivity index (χ1n) is 10.4. The van der Waals surface area contributed by atoms with Gasteiger partial charge in [0.2, 0.25) is 0 Å². The minimum atomic E-state index is -0.132. The van der Waals surface area contributed by atoms with Crippen molar-refractivity contribution in [2.75, 3.05) is 7.05 Å². The van der Waals surface area contributed by atoms with Gasteiger partial charge in [0.25, 0.3) is 0 Å². The number of fused-ring (bicyclic) bond motifs is 5. The van der Waals surface area contributed by atoms with Crippen LogP contribution < -0.4 is 5.32 Å². The molecule has 0 amide bonds. The number of allylic oxidation sites excluding steroid dienone is 1. The smallest absolute Gasteiger partial charge is 0.0545 e.